The SMILES string of the molecule is CN1CCN(C(=O)C2=CCCCCC2)C[C@H]1c1ncc[nH]1. The van der Waals surface area contributed by atoms with Crippen molar-refractivity contribution in [3.05, 3.63) is 29.9 Å². The van der Waals surface area contributed by atoms with Crippen LogP contribution in [0.5, 0.6) is 0 Å². The molecule has 0 aromatic carbocycles. The van der Waals surface area contributed by atoms with Crippen molar-refractivity contribution in [2.75, 3.05) is 26.7 Å². The van der Waals surface area contributed by atoms with Crippen molar-refractivity contribution in [2.45, 2.75) is 38.1 Å². The van der Waals surface area contributed by atoms with Crippen molar-refractivity contribution >= 4 is 5.91 Å². The number of carbonyl (C=O) groups excluding carboxylic acids is 1. The van der Waals surface area contributed by atoms with Crippen LogP contribution in [0.15, 0.2) is 24.0 Å². The standard InChI is InChI=1S/C16H24N4O/c1-19-10-11-20(12-14(19)15-17-8-9-18-15)16(21)13-6-4-2-3-5-7-13/h6,8-9,14H,2-5,7,10-12H2,1H3,(H,17,18)/t14-/m0/s1. The number of amides is 1. The van der Waals surface area contributed by atoms with E-state index in [9.17, 15) is 4.79 Å². The normalized spacial score (nSPS) is 24.5. The van der Waals surface area contributed by atoms with E-state index in [0.717, 1.165) is 50.3 Å². The van der Waals surface area contributed by atoms with Gasteiger partial charge in [0.15, 0.2) is 0 Å². The van der Waals surface area contributed by atoms with E-state index in [1.807, 2.05) is 11.1 Å². The molecule has 1 atom stereocenters. The molecule has 1 N–H and O–H groups in total. The van der Waals surface area contributed by atoms with E-state index in [1.165, 1.54) is 12.8 Å². The van der Waals surface area contributed by atoms with E-state index < -0.39 is 0 Å². The van der Waals surface area contributed by atoms with Gasteiger partial charge >= 0.3 is 0 Å². The molecule has 1 saturated heterocycles. The molecule has 1 aromatic rings. The van der Waals surface area contributed by atoms with Gasteiger partial charge in [-0.15, -0.1) is 0 Å². The Morgan fingerprint density at radius 2 is 2.24 bits per heavy atom. The first-order valence-electron chi connectivity index (χ1n) is 7.93. The summed E-state index contributed by atoms with van der Waals surface area (Å²) >= 11 is 0. The number of aromatic nitrogens is 2. The maximum atomic E-state index is 12.7. The number of H-pyrrole nitrogens is 1. The van der Waals surface area contributed by atoms with Crippen molar-refractivity contribution in [3.63, 3.8) is 0 Å². The van der Waals surface area contributed by atoms with E-state index in [1.54, 1.807) is 6.20 Å². The van der Waals surface area contributed by atoms with Gasteiger partial charge in [0.25, 0.3) is 0 Å². The van der Waals surface area contributed by atoms with Gasteiger partial charge in [0.05, 0.1) is 6.04 Å². The molecule has 3 rings (SSSR count). The molecule has 0 bridgehead atoms. The number of carbonyl (C=O) groups is 1. The highest BCUT2D eigenvalue weighted by molar-refractivity contribution is 5.93. The third-order valence-corrected chi connectivity index (χ3v) is 4.59. The summed E-state index contributed by atoms with van der Waals surface area (Å²) in [5.74, 6) is 1.19. The molecule has 0 radical (unpaired) electrons. The van der Waals surface area contributed by atoms with Gasteiger partial charge in [-0.25, -0.2) is 4.98 Å². The average molecular weight is 288 g/mol. The molecule has 5 nitrogen and oxygen atoms in total. The molecule has 5 heteroatoms. The zero-order valence-electron chi connectivity index (χ0n) is 12.7. The van der Waals surface area contributed by atoms with Crippen LogP contribution in [0.3, 0.4) is 0 Å². The van der Waals surface area contributed by atoms with Crippen LogP contribution in [-0.2, 0) is 4.79 Å². The van der Waals surface area contributed by atoms with Crippen LogP contribution in [0.4, 0.5) is 0 Å². The van der Waals surface area contributed by atoms with Crippen molar-refractivity contribution in [3.8, 4) is 0 Å². The van der Waals surface area contributed by atoms with Gasteiger partial charge in [-0.2, -0.15) is 0 Å². The molecule has 0 unspecified atom stereocenters. The molecule has 114 valence electrons. The van der Waals surface area contributed by atoms with Crippen molar-refractivity contribution in [1.82, 2.24) is 19.8 Å². The zero-order chi connectivity index (χ0) is 14.7. The third kappa shape index (κ3) is 3.18. The Kier molecular flexibility index (Phi) is 4.39. The number of nitrogens with zero attached hydrogens (tertiary/aromatic N) is 3. The Hall–Kier alpha value is -1.62. The summed E-state index contributed by atoms with van der Waals surface area (Å²) in [5.41, 5.74) is 1.02. The molecule has 1 aliphatic carbocycles. The first kappa shape index (κ1) is 14.3. The second kappa shape index (κ2) is 6.43. The number of likely N-dealkylation sites (N-methyl/N-ethyl adjacent to an activating group) is 1. The Bertz CT molecular complexity index is 508. The minimum absolute atomic E-state index is 0.170. The number of aromatic amines is 1. The van der Waals surface area contributed by atoms with Crippen molar-refractivity contribution in [2.24, 2.45) is 0 Å². The Morgan fingerprint density at radius 3 is 3.05 bits per heavy atom. The number of imidazole rings is 1. The van der Waals surface area contributed by atoms with E-state index in [0.29, 0.717) is 0 Å². The van der Waals surface area contributed by atoms with Crippen LogP contribution in [0.1, 0.15) is 44.0 Å². The Labute approximate surface area is 126 Å². The first-order valence-corrected chi connectivity index (χ1v) is 7.93. The summed E-state index contributed by atoms with van der Waals surface area (Å²) in [6.45, 7) is 2.43. The van der Waals surface area contributed by atoms with E-state index in [4.69, 9.17) is 0 Å². The molecular weight excluding hydrogens is 264 g/mol. The fourth-order valence-corrected chi connectivity index (χ4v) is 3.23. The molecular formula is C16H24N4O. The number of hydrogen-bond donors (Lipinski definition) is 1. The first-order chi connectivity index (χ1) is 10.3. The number of rotatable bonds is 2. The lowest BCUT2D eigenvalue weighted by Gasteiger charge is -2.38. The summed E-state index contributed by atoms with van der Waals surface area (Å²) in [6.07, 6.45) is 11.4. The minimum atomic E-state index is 0.170. The molecule has 0 saturated carbocycles. The highest BCUT2D eigenvalue weighted by Crippen LogP contribution is 2.24. The predicted molar refractivity (Wildman–Crippen MR) is 81.7 cm³/mol. The molecule has 21 heavy (non-hydrogen) atoms. The second-order valence-corrected chi connectivity index (χ2v) is 6.05. The molecule has 0 spiro atoms. The maximum absolute atomic E-state index is 12.7. The summed E-state index contributed by atoms with van der Waals surface area (Å²) in [4.78, 5) is 24.6. The van der Waals surface area contributed by atoms with E-state index in [-0.39, 0.29) is 11.9 Å². The molecule has 2 heterocycles. The Morgan fingerprint density at radius 1 is 1.33 bits per heavy atom. The molecule has 1 amide bonds. The second-order valence-electron chi connectivity index (χ2n) is 6.05. The summed E-state index contributed by atoms with van der Waals surface area (Å²) in [5, 5.41) is 0. The lowest BCUT2D eigenvalue weighted by Crippen LogP contribution is -2.49. The quantitative estimate of drug-likeness (QED) is 0.907. The molecule has 1 aliphatic heterocycles. The molecule has 2 aliphatic rings. The third-order valence-electron chi connectivity index (χ3n) is 4.59. The Balaban J connectivity index is 1.71. The number of piperazine rings is 1. The van der Waals surface area contributed by atoms with Gasteiger partial charge in [-0.3, -0.25) is 9.69 Å². The largest absolute Gasteiger partial charge is 0.347 e. The summed E-state index contributed by atoms with van der Waals surface area (Å²) in [7, 11) is 2.10. The lowest BCUT2D eigenvalue weighted by atomic mass is 10.1. The minimum Gasteiger partial charge on any atom is -0.347 e. The predicted octanol–water partition coefficient (Wildman–Crippen LogP) is 2.12. The van der Waals surface area contributed by atoms with Gasteiger partial charge in [-0.1, -0.05) is 12.5 Å². The number of hydrogen-bond acceptors (Lipinski definition) is 3. The van der Waals surface area contributed by atoms with Crippen molar-refractivity contribution in [1.29, 1.82) is 0 Å². The van der Waals surface area contributed by atoms with E-state index in [2.05, 4.69) is 28.0 Å². The highest BCUT2D eigenvalue weighted by atomic mass is 16.2. The van der Waals surface area contributed by atoms with Crippen LogP contribution in [0.25, 0.3) is 0 Å². The topological polar surface area (TPSA) is 52.2 Å². The molecule has 1 aromatic heterocycles. The van der Waals surface area contributed by atoms with Gasteiger partial charge in [0.1, 0.15) is 5.82 Å². The maximum Gasteiger partial charge on any atom is 0.249 e. The molecule has 1 fully saturated rings. The van der Waals surface area contributed by atoms with Crippen LogP contribution >= 0.6 is 0 Å². The zero-order valence-corrected chi connectivity index (χ0v) is 12.7. The number of nitrogens with one attached hydrogen (secondary N) is 1. The fourth-order valence-electron chi connectivity index (χ4n) is 3.23. The van der Waals surface area contributed by atoms with Crippen LogP contribution in [0, 0.1) is 0 Å². The van der Waals surface area contributed by atoms with Crippen LogP contribution < -0.4 is 0 Å². The monoisotopic (exact) mass is 288 g/mol. The highest BCUT2D eigenvalue weighted by Gasteiger charge is 2.30. The van der Waals surface area contributed by atoms with Gasteiger partial charge in [0.2, 0.25) is 5.91 Å². The van der Waals surface area contributed by atoms with Crippen molar-refractivity contribution < 1.29 is 4.79 Å². The average Bonchev–Trinajstić information content (AvgIpc) is 2.89. The van der Waals surface area contributed by atoms with Gasteiger partial charge < -0.3 is 9.88 Å². The fraction of sp³-hybridized carbons (Fsp3) is 0.625. The summed E-state index contributed by atoms with van der Waals surface area (Å²) in [6, 6.07) is 0.170. The van der Waals surface area contributed by atoms with Gasteiger partial charge in [-0.05, 0) is 32.7 Å². The van der Waals surface area contributed by atoms with Crippen LogP contribution in [-0.4, -0.2) is 52.4 Å². The van der Waals surface area contributed by atoms with Crippen LogP contribution in [0.2, 0.25) is 0 Å². The van der Waals surface area contributed by atoms with Gasteiger partial charge in [0, 0.05) is 37.6 Å². The smallest absolute Gasteiger partial charge is 0.249 e. The van der Waals surface area contributed by atoms with E-state index >= 15 is 0 Å². The lowest BCUT2D eigenvalue weighted by molar-refractivity contribution is -0.130. The summed E-state index contributed by atoms with van der Waals surface area (Å²) < 4.78 is 0. The number of allylic oxidation sites excluding steroid dienone is 1.